The summed E-state index contributed by atoms with van der Waals surface area (Å²) in [6.45, 7) is 7.15. The lowest BCUT2D eigenvalue weighted by molar-refractivity contribution is -0.134. The minimum Gasteiger partial charge on any atom is -0.481 e. The number of likely N-dealkylation sites (tertiary alicyclic amines) is 1. The van der Waals surface area contributed by atoms with Crippen LogP contribution in [0.4, 0.5) is 15.9 Å². The molecule has 0 aliphatic carbocycles. The van der Waals surface area contributed by atoms with Crippen LogP contribution < -0.4 is 10.1 Å². The quantitative estimate of drug-likeness (QED) is 0.272. The van der Waals surface area contributed by atoms with E-state index in [1.165, 1.54) is 17.6 Å². The van der Waals surface area contributed by atoms with E-state index in [2.05, 4.69) is 32.1 Å². The molecule has 1 fully saturated rings. The van der Waals surface area contributed by atoms with E-state index in [0.717, 1.165) is 47.8 Å². The van der Waals surface area contributed by atoms with Gasteiger partial charge in [-0.15, -0.1) is 0 Å². The van der Waals surface area contributed by atoms with Crippen LogP contribution in [0.2, 0.25) is 0 Å². The van der Waals surface area contributed by atoms with E-state index in [1.807, 2.05) is 49.5 Å². The second-order valence-electron chi connectivity index (χ2n) is 9.80. The zero-order valence-corrected chi connectivity index (χ0v) is 23.1. The number of anilines is 2. The Morgan fingerprint density at radius 3 is 2.45 bits per heavy atom. The third-order valence-electron chi connectivity index (χ3n) is 6.86. The zero-order valence-electron chi connectivity index (χ0n) is 23.1. The molecule has 13 heteroatoms. The number of piperidine rings is 1. The molecule has 1 aliphatic rings. The number of aromatic nitrogens is 6. The first-order valence-corrected chi connectivity index (χ1v) is 13.2. The van der Waals surface area contributed by atoms with Gasteiger partial charge < -0.3 is 20.1 Å². The molecule has 0 saturated carbocycles. The second kappa shape index (κ2) is 12.0. The number of carboxylic acid groups (broad SMARTS) is 1. The maximum atomic E-state index is 13.3. The van der Waals surface area contributed by atoms with Crippen molar-refractivity contribution in [2.24, 2.45) is 0 Å². The Kier molecular flexibility index (Phi) is 8.09. The van der Waals surface area contributed by atoms with Gasteiger partial charge in [-0.25, -0.2) is 23.4 Å². The molecule has 0 unspecified atom stereocenters. The fourth-order valence-corrected chi connectivity index (χ4v) is 4.93. The number of carbonyl (C=O) groups excluding carboxylic acids is 1. The minimum absolute atomic E-state index is 0.198. The van der Waals surface area contributed by atoms with E-state index in [-0.39, 0.29) is 5.92 Å². The molecular formula is C29H29FN8O4. The normalized spacial score (nSPS) is 13.5. The number of carbonyl (C=O) groups is 2. The van der Waals surface area contributed by atoms with Gasteiger partial charge in [0.25, 0.3) is 11.9 Å². The fraction of sp³-hybridized carbons (Fsp3) is 0.241. The molecule has 0 atom stereocenters. The maximum Gasteiger partial charge on any atom is 0.300 e. The Morgan fingerprint density at radius 2 is 1.74 bits per heavy atom. The number of pyridine rings is 1. The number of rotatable bonds is 6. The van der Waals surface area contributed by atoms with Crippen LogP contribution in [0, 0.1) is 6.92 Å². The lowest BCUT2D eigenvalue weighted by Crippen LogP contribution is -2.38. The molecule has 12 nitrogen and oxygen atoms in total. The zero-order chi connectivity index (χ0) is 29.8. The van der Waals surface area contributed by atoms with Crippen LogP contribution in [0.25, 0.3) is 11.2 Å². The summed E-state index contributed by atoms with van der Waals surface area (Å²) in [5.74, 6) is -0.0933. The van der Waals surface area contributed by atoms with Crippen molar-refractivity contribution in [1.29, 1.82) is 0 Å². The Bertz CT molecular complexity index is 1770. The molecule has 1 aliphatic heterocycles. The molecule has 1 amide bonds. The van der Waals surface area contributed by atoms with Crippen molar-refractivity contribution < 1.29 is 23.8 Å². The summed E-state index contributed by atoms with van der Waals surface area (Å²) in [5.41, 5.74) is 4.49. The van der Waals surface area contributed by atoms with Crippen LogP contribution in [-0.4, -0.2) is 64.2 Å². The molecule has 0 radical (unpaired) electrons. The van der Waals surface area contributed by atoms with E-state index in [9.17, 15) is 9.18 Å². The maximum absolute atomic E-state index is 13.3. The lowest BCUT2D eigenvalue weighted by atomic mass is 9.90. The number of carboxylic acids is 1. The number of fused-ring (bicyclic) bond motifs is 2. The molecule has 216 valence electrons. The van der Waals surface area contributed by atoms with Crippen LogP contribution >= 0.6 is 0 Å². The molecule has 0 spiro atoms. The van der Waals surface area contributed by atoms with Crippen molar-refractivity contribution >= 4 is 34.5 Å². The molecule has 5 heterocycles. The summed E-state index contributed by atoms with van der Waals surface area (Å²) in [6, 6.07) is 11.6. The van der Waals surface area contributed by atoms with Crippen molar-refractivity contribution in [3.63, 3.8) is 0 Å². The van der Waals surface area contributed by atoms with Gasteiger partial charge in [0.2, 0.25) is 0 Å². The molecular weight excluding hydrogens is 543 g/mol. The summed E-state index contributed by atoms with van der Waals surface area (Å²) in [4.78, 5) is 31.2. The van der Waals surface area contributed by atoms with Crippen molar-refractivity contribution in [3.05, 3.63) is 85.0 Å². The monoisotopic (exact) mass is 572 g/mol. The number of halogens is 1. The molecule has 42 heavy (non-hydrogen) atoms. The van der Waals surface area contributed by atoms with Gasteiger partial charge in [-0.2, -0.15) is 10.2 Å². The Labute approximate surface area is 240 Å². The molecule has 6 rings (SSSR count). The first kappa shape index (κ1) is 28.2. The molecule has 2 N–H and O–H groups in total. The highest BCUT2D eigenvalue weighted by Gasteiger charge is 2.27. The summed E-state index contributed by atoms with van der Waals surface area (Å²) in [5, 5.41) is 19.3. The highest BCUT2D eigenvalue weighted by molar-refractivity contribution is 5.90. The van der Waals surface area contributed by atoms with E-state index in [0.29, 0.717) is 30.3 Å². The minimum atomic E-state index is -0.916. The first-order valence-electron chi connectivity index (χ1n) is 13.2. The number of aliphatic carboxylic acids is 1. The Morgan fingerprint density at radius 1 is 1.05 bits per heavy atom. The third-order valence-corrected chi connectivity index (χ3v) is 6.86. The van der Waals surface area contributed by atoms with E-state index < -0.39 is 17.7 Å². The van der Waals surface area contributed by atoms with Gasteiger partial charge in [0, 0.05) is 44.2 Å². The van der Waals surface area contributed by atoms with Gasteiger partial charge in [0.05, 0.1) is 0 Å². The summed E-state index contributed by atoms with van der Waals surface area (Å²) >= 11 is 0. The molecule has 5 aromatic rings. The van der Waals surface area contributed by atoms with E-state index in [1.54, 1.807) is 15.2 Å². The van der Waals surface area contributed by atoms with E-state index >= 15 is 0 Å². The van der Waals surface area contributed by atoms with Crippen LogP contribution in [0.5, 0.6) is 11.5 Å². The predicted octanol–water partition coefficient (Wildman–Crippen LogP) is 4.90. The number of ether oxygens (including phenoxy) is 1. The Hall–Kier alpha value is -5.33. The average molecular weight is 573 g/mol. The summed E-state index contributed by atoms with van der Waals surface area (Å²) < 4.78 is 22.9. The van der Waals surface area contributed by atoms with Gasteiger partial charge in [0.15, 0.2) is 17.3 Å². The van der Waals surface area contributed by atoms with Crippen molar-refractivity contribution in [2.45, 2.75) is 32.6 Å². The highest BCUT2D eigenvalue weighted by atomic mass is 19.1. The lowest BCUT2D eigenvalue weighted by Gasteiger charge is -2.31. The fourth-order valence-electron chi connectivity index (χ4n) is 4.93. The largest absolute Gasteiger partial charge is 0.481 e. The SMILES string of the molecule is C=C(F)C(=O)N1CCC(c2ccn3ncnc(Nc4ccc(Oc5ccn6ncnc6c5)c(C)c4)c23)CC1.CC(=O)O. The van der Waals surface area contributed by atoms with Gasteiger partial charge in [-0.05, 0) is 67.1 Å². The van der Waals surface area contributed by atoms with Gasteiger partial charge in [-0.3, -0.25) is 9.59 Å². The number of amides is 1. The summed E-state index contributed by atoms with van der Waals surface area (Å²) in [6.07, 6.45) is 8.17. The van der Waals surface area contributed by atoms with Crippen LogP contribution in [-0.2, 0) is 9.59 Å². The molecule has 1 aromatic carbocycles. The van der Waals surface area contributed by atoms with Crippen LogP contribution in [0.15, 0.2) is 73.9 Å². The van der Waals surface area contributed by atoms with Gasteiger partial charge in [0.1, 0.15) is 29.7 Å². The first-order chi connectivity index (χ1) is 20.2. The molecule has 4 aromatic heterocycles. The second-order valence-corrected chi connectivity index (χ2v) is 9.80. The van der Waals surface area contributed by atoms with Gasteiger partial charge in [-0.1, -0.05) is 6.58 Å². The number of benzene rings is 1. The number of nitrogens with one attached hydrogen (secondary N) is 1. The number of hydrogen-bond acceptors (Lipinski definition) is 8. The van der Waals surface area contributed by atoms with Gasteiger partial charge >= 0.3 is 0 Å². The number of aryl methyl sites for hydroxylation is 1. The number of hydrogen-bond donors (Lipinski definition) is 2. The van der Waals surface area contributed by atoms with Crippen molar-refractivity contribution in [1.82, 2.24) is 34.1 Å². The third kappa shape index (κ3) is 6.19. The van der Waals surface area contributed by atoms with Crippen molar-refractivity contribution in [2.75, 3.05) is 18.4 Å². The standard InChI is InChI=1S/C27H25FN8O2.C2H4O2/c1-17-13-20(3-4-23(17)38-21-7-11-35-24(14-21)29-15-31-35)33-26-25-22(8-12-36(25)32-16-30-26)19-5-9-34(10-6-19)27(37)18(2)28;1-2(3)4/h3-4,7-8,11-16,19H,2,5-6,9-10H2,1H3,(H,30,32,33);1H3,(H,3,4). The summed E-state index contributed by atoms with van der Waals surface area (Å²) in [7, 11) is 0. The predicted molar refractivity (Wildman–Crippen MR) is 153 cm³/mol. The van der Waals surface area contributed by atoms with Crippen molar-refractivity contribution in [3.8, 4) is 11.5 Å². The highest BCUT2D eigenvalue weighted by Crippen LogP contribution is 2.35. The Balaban J connectivity index is 0.000000830. The molecule has 0 bridgehead atoms. The average Bonchev–Trinajstić information content (AvgIpc) is 3.61. The molecule has 1 saturated heterocycles. The van der Waals surface area contributed by atoms with Crippen LogP contribution in [0.3, 0.4) is 0 Å². The van der Waals surface area contributed by atoms with Crippen LogP contribution in [0.1, 0.15) is 36.8 Å². The topological polar surface area (TPSA) is 139 Å². The smallest absolute Gasteiger partial charge is 0.300 e. The van der Waals surface area contributed by atoms with E-state index in [4.69, 9.17) is 14.6 Å². The number of nitrogens with zero attached hydrogens (tertiary/aromatic N) is 7.